The molecule has 0 spiro atoms. The Morgan fingerprint density at radius 3 is 2.28 bits per heavy atom. The number of nitrogen functional groups attached to an aromatic ring is 1. The van der Waals surface area contributed by atoms with E-state index in [9.17, 15) is 0 Å². The van der Waals surface area contributed by atoms with Gasteiger partial charge in [-0.05, 0) is 31.2 Å². The minimum absolute atomic E-state index is 0.457. The highest BCUT2D eigenvalue weighted by Gasteiger charge is 2.02. The smallest absolute Gasteiger partial charge is 0.120 e. The number of hydrogen-bond donors (Lipinski definition) is 1. The molecule has 0 unspecified atom stereocenters. The molecule has 0 aliphatic rings. The molecule has 18 heavy (non-hydrogen) atoms. The number of aryl methyl sites for hydroxylation is 1. The number of hydrogen-bond acceptors (Lipinski definition) is 3. The van der Waals surface area contributed by atoms with E-state index in [0.29, 0.717) is 12.3 Å². The Kier molecular flexibility index (Phi) is 3.72. The fourth-order valence-electron chi connectivity index (χ4n) is 1.63. The van der Waals surface area contributed by atoms with Crippen molar-refractivity contribution in [3.05, 3.63) is 53.6 Å². The zero-order chi connectivity index (χ0) is 13.0. The lowest BCUT2D eigenvalue weighted by molar-refractivity contribution is 0.306. The second-order valence-corrected chi connectivity index (χ2v) is 4.17. The molecule has 0 atom stereocenters. The van der Waals surface area contributed by atoms with Crippen LogP contribution in [0.5, 0.6) is 11.5 Å². The molecule has 0 fully saturated rings. The highest BCUT2D eigenvalue weighted by atomic mass is 16.5. The van der Waals surface area contributed by atoms with Gasteiger partial charge in [-0.25, -0.2) is 0 Å². The Morgan fingerprint density at radius 1 is 1.00 bits per heavy atom. The lowest BCUT2D eigenvalue weighted by Crippen LogP contribution is -2.00. The topological polar surface area (TPSA) is 44.5 Å². The van der Waals surface area contributed by atoms with E-state index in [1.807, 2.05) is 43.3 Å². The molecule has 0 bridgehead atoms. The van der Waals surface area contributed by atoms with E-state index in [0.717, 1.165) is 17.1 Å². The molecule has 0 aromatic heterocycles. The van der Waals surface area contributed by atoms with Crippen LogP contribution < -0.4 is 15.2 Å². The SMILES string of the molecule is COc1ccc(COc2ccc(C)cc2)c(N)c1. The molecule has 3 nitrogen and oxygen atoms in total. The lowest BCUT2D eigenvalue weighted by atomic mass is 10.2. The minimum atomic E-state index is 0.457. The summed E-state index contributed by atoms with van der Waals surface area (Å²) in [6, 6.07) is 13.5. The molecule has 0 aliphatic carbocycles. The van der Waals surface area contributed by atoms with Crippen molar-refractivity contribution in [2.75, 3.05) is 12.8 Å². The van der Waals surface area contributed by atoms with Gasteiger partial charge in [0.2, 0.25) is 0 Å². The molecule has 0 radical (unpaired) electrons. The summed E-state index contributed by atoms with van der Waals surface area (Å²) in [4.78, 5) is 0. The molecule has 0 amide bonds. The summed E-state index contributed by atoms with van der Waals surface area (Å²) in [5, 5.41) is 0. The fraction of sp³-hybridized carbons (Fsp3) is 0.200. The van der Waals surface area contributed by atoms with Crippen molar-refractivity contribution in [1.82, 2.24) is 0 Å². The van der Waals surface area contributed by atoms with Gasteiger partial charge in [-0.15, -0.1) is 0 Å². The van der Waals surface area contributed by atoms with Gasteiger partial charge >= 0.3 is 0 Å². The summed E-state index contributed by atoms with van der Waals surface area (Å²) < 4.78 is 10.8. The molecule has 2 rings (SSSR count). The normalized spacial score (nSPS) is 10.1. The summed E-state index contributed by atoms with van der Waals surface area (Å²) in [7, 11) is 1.62. The molecule has 0 aliphatic heterocycles. The van der Waals surface area contributed by atoms with E-state index in [-0.39, 0.29) is 0 Å². The van der Waals surface area contributed by atoms with Crippen LogP contribution in [-0.4, -0.2) is 7.11 Å². The molecule has 3 heteroatoms. The first kappa shape index (κ1) is 12.3. The van der Waals surface area contributed by atoms with E-state index >= 15 is 0 Å². The first-order valence-electron chi connectivity index (χ1n) is 5.81. The molecule has 0 saturated carbocycles. The highest BCUT2D eigenvalue weighted by molar-refractivity contribution is 5.51. The van der Waals surface area contributed by atoms with E-state index in [2.05, 4.69) is 0 Å². The van der Waals surface area contributed by atoms with Crippen molar-refractivity contribution >= 4 is 5.69 Å². The Morgan fingerprint density at radius 2 is 1.67 bits per heavy atom. The maximum atomic E-state index is 5.93. The highest BCUT2D eigenvalue weighted by Crippen LogP contribution is 2.21. The van der Waals surface area contributed by atoms with Gasteiger partial charge < -0.3 is 15.2 Å². The minimum Gasteiger partial charge on any atom is -0.497 e. The summed E-state index contributed by atoms with van der Waals surface area (Å²) in [5.41, 5.74) is 8.78. The Hall–Kier alpha value is -2.16. The monoisotopic (exact) mass is 243 g/mol. The molecule has 94 valence electrons. The van der Waals surface area contributed by atoms with Gasteiger partial charge in [0, 0.05) is 17.3 Å². The summed E-state index contributed by atoms with van der Waals surface area (Å²) in [6.45, 7) is 2.50. The largest absolute Gasteiger partial charge is 0.497 e. The first-order valence-corrected chi connectivity index (χ1v) is 5.81. The Bertz CT molecular complexity index is 521. The average Bonchev–Trinajstić information content (AvgIpc) is 2.39. The van der Waals surface area contributed by atoms with E-state index < -0.39 is 0 Å². The Labute approximate surface area is 107 Å². The molecule has 2 aromatic rings. The van der Waals surface area contributed by atoms with Crippen molar-refractivity contribution in [2.24, 2.45) is 0 Å². The quantitative estimate of drug-likeness (QED) is 0.839. The van der Waals surface area contributed by atoms with Crippen LogP contribution in [-0.2, 0) is 6.61 Å². The van der Waals surface area contributed by atoms with Crippen LogP contribution in [0.1, 0.15) is 11.1 Å². The van der Waals surface area contributed by atoms with Crippen LogP contribution in [0.2, 0.25) is 0 Å². The van der Waals surface area contributed by atoms with Crippen LogP contribution in [0, 0.1) is 6.92 Å². The third-order valence-electron chi connectivity index (χ3n) is 2.77. The van der Waals surface area contributed by atoms with Crippen molar-refractivity contribution in [3.8, 4) is 11.5 Å². The van der Waals surface area contributed by atoms with E-state index in [1.165, 1.54) is 5.56 Å². The van der Waals surface area contributed by atoms with Crippen LogP contribution >= 0.6 is 0 Å². The molecule has 0 heterocycles. The number of nitrogens with two attached hydrogens (primary N) is 1. The first-order chi connectivity index (χ1) is 8.69. The molecule has 2 aromatic carbocycles. The van der Waals surface area contributed by atoms with Crippen LogP contribution in [0.4, 0.5) is 5.69 Å². The zero-order valence-electron chi connectivity index (χ0n) is 10.6. The standard InChI is InChI=1S/C15H17NO2/c1-11-3-6-13(7-4-11)18-10-12-5-8-14(17-2)9-15(12)16/h3-9H,10,16H2,1-2H3. The number of ether oxygens (including phenoxy) is 2. The van der Waals surface area contributed by atoms with Gasteiger partial charge in [0.1, 0.15) is 18.1 Å². The summed E-state index contributed by atoms with van der Waals surface area (Å²) in [5.74, 6) is 1.60. The third kappa shape index (κ3) is 2.94. The Balaban J connectivity index is 2.04. The molecular formula is C15H17NO2. The summed E-state index contributed by atoms with van der Waals surface area (Å²) >= 11 is 0. The number of anilines is 1. The van der Waals surface area contributed by atoms with Crippen molar-refractivity contribution in [1.29, 1.82) is 0 Å². The van der Waals surface area contributed by atoms with Gasteiger partial charge in [-0.2, -0.15) is 0 Å². The maximum absolute atomic E-state index is 5.93. The number of methoxy groups -OCH3 is 1. The fourth-order valence-corrected chi connectivity index (χ4v) is 1.63. The van der Waals surface area contributed by atoms with Crippen LogP contribution in [0.15, 0.2) is 42.5 Å². The molecule has 2 N–H and O–H groups in total. The van der Waals surface area contributed by atoms with E-state index in [4.69, 9.17) is 15.2 Å². The third-order valence-corrected chi connectivity index (χ3v) is 2.77. The predicted octanol–water partition coefficient (Wildman–Crippen LogP) is 3.16. The predicted molar refractivity (Wildman–Crippen MR) is 72.9 cm³/mol. The second-order valence-electron chi connectivity index (χ2n) is 4.17. The van der Waals surface area contributed by atoms with E-state index in [1.54, 1.807) is 13.2 Å². The molecule has 0 saturated heterocycles. The van der Waals surface area contributed by atoms with Gasteiger partial charge in [0.15, 0.2) is 0 Å². The van der Waals surface area contributed by atoms with Crippen molar-refractivity contribution in [2.45, 2.75) is 13.5 Å². The maximum Gasteiger partial charge on any atom is 0.120 e. The van der Waals surface area contributed by atoms with Crippen molar-refractivity contribution < 1.29 is 9.47 Å². The number of rotatable bonds is 4. The van der Waals surface area contributed by atoms with Crippen LogP contribution in [0.3, 0.4) is 0 Å². The number of benzene rings is 2. The van der Waals surface area contributed by atoms with Gasteiger partial charge in [0.25, 0.3) is 0 Å². The van der Waals surface area contributed by atoms with Crippen molar-refractivity contribution in [3.63, 3.8) is 0 Å². The van der Waals surface area contributed by atoms with Gasteiger partial charge in [-0.1, -0.05) is 17.7 Å². The lowest BCUT2D eigenvalue weighted by Gasteiger charge is -2.10. The van der Waals surface area contributed by atoms with Gasteiger partial charge in [0.05, 0.1) is 7.11 Å². The van der Waals surface area contributed by atoms with Gasteiger partial charge in [-0.3, -0.25) is 0 Å². The zero-order valence-corrected chi connectivity index (χ0v) is 10.6. The second kappa shape index (κ2) is 5.45. The average molecular weight is 243 g/mol. The summed E-state index contributed by atoms with van der Waals surface area (Å²) in [6.07, 6.45) is 0. The molecular weight excluding hydrogens is 226 g/mol. The van der Waals surface area contributed by atoms with Crippen LogP contribution in [0.25, 0.3) is 0 Å².